The van der Waals surface area contributed by atoms with Crippen LogP contribution in [0.4, 0.5) is 0 Å². The monoisotopic (exact) mass is 270 g/mol. The summed E-state index contributed by atoms with van der Waals surface area (Å²) < 4.78 is 7.82. The molecule has 2 aromatic rings. The Morgan fingerprint density at radius 2 is 2.20 bits per heavy atom. The van der Waals surface area contributed by atoms with Gasteiger partial charge in [-0.05, 0) is 41.8 Å². The highest BCUT2D eigenvalue weighted by molar-refractivity contribution is 5.39. The summed E-state index contributed by atoms with van der Waals surface area (Å²) in [5.74, 6) is 1.07. The number of hydrogen-bond donors (Lipinski definition) is 1. The van der Waals surface area contributed by atoms with E-state index in [0.717, 1.165) is 44.8 Å². The number of ether oxygens (including phenoxy) is 1. The van der Waals surface area contributed by atoms with Crippen molar-refractivity contribution in [3.05, 3.63) is 53.3 Å². The van der Waals surface area contributed by atoms with Crippen LogP contribution in [0.2, 0.25) is 0 Å². The van der Waals surface area contributed by atoms with Gasteiger partial charge in [0, 0.05) is 31.9 Å². The molecule has 0 radical (unpaired) electrons. The summed E-state index contributed by atoms with van der Waals surface area (Å²) in [7, 11) is 0. The Balaban J connectivity index is 1.57. The van der Waals surface area contributed by atoms with Crippen LogP contribution in [0.3, 0.4) is 0 Å². The summed E-state index contributed by atoms with van der Waals surface area (Å²) in [6.07, 6.45) is 6.53. The zero-order valence-corrected chi connectivity index (χ0v) is 12.1. The lowest BCUT2D eigenvalue weighted by Crippen LogP contribution is -2.11. The number of aryl methyl sites for hydroxylation is 2. The van der Waals surface area contributed by atoms with E-state index in [1.54, 1.807) is 0 Å². The van der Waals surface area contributed by atoms with Crippen LogP contribution in [0, 0.1) is 0 Å². The van der Waals surface area contributed by atoms with Gasteiger partial charge in [0.15, 0.2) is 0 Å². The molecule has 1 N–H and O–H groups in total. The van der Waals surface area contributed by atoms with Crippen LogP contribution in [0.5, 0.6) is 5.75 Å². The van der Waals surface area contributed by atoms with Gasteiger partial charge in [0.05, 0.1) is 6.61 Å². The SMILES string of the molecule is CCNCc1ccn(CCc2ccc3c(c2)CCO3)c1. The number of nitrogens with zero attached hydrogens (tertiary/aromatic N) is 1. The van der Waals surface area contributed by atoms with Gasteiger partial charge in [0.25, 0.3) is 0 Å². The van der Waals surface area contributed by atoms with Crippen LogP contribution in [0.1, 0.15) is 23.6 Å². The van der Waals surface area contributed by atoms with Gasteiger partial charge in [-0.3, -0.25) is 0 Å². The summed E-state index contributed by atoms with van der Waals surface area (Å²) >= 11 is 0. The Morgan fingerprint density at radius 1 is 1.25 bits per heavy atom. The van der Waals surface area contributed by atoms with Gasteiger partial charge in [-0.1, -0.05) is 19.1 Å². The molecule has 0 saturated heterocycles. The van der Waals surface area contributed by atoms with Crippen molar-refractivity contribution in [2.24, 2.45) is 0 Å². The van der Waals surface area contributed by atoms with Gasteiger partial charge >= 0.3 is 0 Å². The third-order valence-electron chi connectivity index (χ3n) is 3.80. The first-order valence-electron chi connectivity index (χ1n) is 7.45. The Kier molecular flexibility index (Phi) is 4.07. The number of nitrogens with one attached hydrogen (secondary N) is 1. The largest absolute Gasteiger partial charge is 0.493 e. The highest BCUT2D eigenvalue weighted by Crippen LogP contribution is 2.26. The van der Waals surface area contributed by atoms with Gasteiger partial charge in [-0.15, -0.1) is 0 Å². The fourth-order valence-electron chi connectivity index (χ4n) is 2.66. The summed E-state index contributed by atoms with van der Waals surface area (Å²) in [6, 6.07) is 8.79. The van der Waals surface area contributed by atoms with Gasteiger partial charge in [-0.25, -0.2) is 0 Å². The molecule has 0 aliphatic carbocycles. The molecule has 20 heavy (non-hydrogen) atoms. The fourth-order valence-corrected chi connectivity index (χ4v) is 2.66. The number of rotatable bonds is 6. The maximum absolute atomic E-state index is 5.54. The van der Waals surface area contributed by atoms with Crippen molar-refractivity contribution in [1.29, 1.82) is 0 Å². The third-order valence-corrected chi connectivity index (χ3v) is 3.80. The first kappa shape index (κ1) is 13.3. The third kappa shape index (κ3) is 3.05. The minimum absolute atomic E-state index is 0.837. The lowest BCUT2D eigenvalue weighted by atomic mass is 10.1. The highest BCUT2D eigenvalue weighted by Gasteiger charge is 2.11. The minimum Gasteiger partial charge on any atom is -0.493 e. The Bertz CT molecular complexity index is 574. The molecule has 0 bridgehead atoms. The number of aromatic nitrogens is 1. The van der Waals surface area contributed by atoms with Gasteiger partial charge < -0.3 is 14.6 Å². The van der Waals surface area contributed by atoms with E-state index < -0.39 is 0 Å². The molecule has 0 spiro atoms. The summed E-state index contributed by atoms with van der Waals surface area (Å²) in [5, 5.41) is 3.35. The van der Waals surface area contributed by atoms with Crippen LogP contribution < -0.4 is 10.1 Å². The highest BCUT2D eigenvalue weighted by atomic mass is 16.5. The van der Waals surface area contributed by atoms with Crippen LogP contribution in [0.15, 0.2) is 36.7 Å². The zero-order chi connectivity index (χ0) is 13.8. The van der Waals surface area contributed by atoms with E-state index >= 15 is 0 Å². The smallest absolute Gasteiger partial charge is 0.122 e. The quantitative estimate of drug-likeness (QED) is 0.873. The van der Waals surface area contributed by atoms with E-state index in [9.17, 15) is 0 Å². The topological polar surface area (TPSA) is 26.2 Å². The number of benzene rings is 1. The maximum atomic E-state index is 5.54. The van der Waals surface area contributed by atoms with Crippen LogP contribution >= 0.6 is 0 Å². The average Bonchev–Trinajstić information content (AvgIpc) is 3.11. The van der Waals surface area contributed by atoms with Crippen molar-refractivity contribution in [2.75, 3.05) is 13.2 Å². The van der Waals surface area contributed by atoms with Crippen molar-refractivity contribution in [3.63, 3.8) is 0 Å². The molecule has 0 unspecified atom stereocenters. The summed E-state index contributed by atoms with van der Waals surface area (Å²) in [5.41, 5.74) is 4.12. The second-order valence-electron chi connectivity index (χ2n) is 5.33. The van der Waals surface area contributed by atoms with E-state index in [0.29, 0.717) is 0 Å². The molecule has 1 aromatic heterocycles. The molecular formula is C17H22N2O. The van der Waals surface area contributed by atoms with Gasteiger partial charge in [0.1, 0.15) is 5.75 Å². The summed E-state index contributed by atoms with van der Waals surface area (Å²) in [4.78, 5) is 0. The second kappa shape index (κ2) is 6.14. The Labute approximate surface area is 120 Å². The van der Waals surface area contributed by atoms with E-state index in [1.807, 2.05) is 0 Å². The van der Waals surface area contributed by atoms with Crippen LogP contribution in [0.25, 0.3) is 0 Å². The van der Waals surface area contributed by atoms with Crippen molar-refractivity contribution in [2.45, 2.75) is 32.9 Å². The molecule has 1 aliphatic heterocycles. The molecule has 0 saturated carbocycles. The first-order chi connectivity index (χ1) is 9.85. The van der Waals surface area contributed by atoms with Crippen molar-refractivity contribution in [1.82, 2.24) is 9.88 Å². The number of hydrogen-bond acceptors (Lipinski definition) is 2. The maximum Gasteiger partial charge on any atom is 0.122 e. The lowest BCUT2D eigenvalue weighted by Gasteiger charge is -2.05. The lowest BCUT2D eigenvalue weighted by molar-refractivity contribution is 0.357. The molecule has 3 nitrogen and oxygen atoms in total. The van der Waals surface area contributed by atoms with Crippen molar-refractivity contribution >= 4 is 0 Å². The molecule has 0 amide bonds. The summed E-state index contributed by atoms with van der Waals surface area (Å²) in [6.45, 7) is 5.98. The van der Waals surface area contributed by atoms with Crippen molar-refractivity contribution in [3.8, 4) is 5.75 Å². The molecular weight excluding hydrogens is 248 g/mol. The minimum atomic E-state index is 0.837. The van der Waals surface area contributed by atoms with Crippen LogP contribution in [-0.2, 0) is 25.9 Å². The zero-order valence-electron chi connectivity index (χ0n) is 12.1. The van der Waals surface area contributed by atoms with Gasteiger partial charge in [-0.2, -0.15) is 0 Å². The average molecular weight is 270 g/mol. The predicted octanol–water partition coefficient (Wildman–Crippen LogP) is 2.78. The predicted molar refractivity (Wildman–Crippen MR) is 81.2 cm³/mol. The second-order valence-corrected chi connectivity index (χ2v) is 5.33. The van der Waals surface area contributed by atoms with E-state index in [1.165, 1.54) is 16.7 Å². The molecule has 0 atom stereocenters. The Hall–Kier alpha value is -1.74. The van der Waals surface area contributed by atoms with E-state index in [2.05, 4.69) is 53.5 Å². The Morgan fingerprint density at radius 3 is 3.10 bits per heavy atom. The van der Waals surface area contributed by atoms with Gasteiger partial charge in [0.2, 0.25) is 0 Å². The molecule has 0 fully saturated rings. The number of fused-ring (bicyclic) bond motifs is 1. The van der Waals surface area contributed by atoms with E-state index in [-0.39, 0.29) is 0 Å². The van der Waals surface area contributed by atoms with Crippen molar-refractivity contribution < 1.29 is 4.74 Å². The normalized spacial score (nSPS) is 13.2. The van der Waals surface area contributed by atoms with E-state index in [4.69, 9.17) is 4.74 Å². The first-order valence-corrected chi connectivity index (χ1v) is 7.45. The molecule has 3 rings (SSSR count). The molecule has 1 aliphatic rings. The molecule has 106 valence electrons. The molecule has 1 aromatic carbocycles. The molecule has 2 heterocycles. The van der Waals surface area contributed by atoms with Crippen LogP contribution in [-0.4, -0.2) is 17.7 Å². The standard InChI is InChI=1S/C17H22N2O/c1-2-18-12-15-6-9-19(13-15)8-5-14-3-4-17-16(11-14)7-10-20-17/h3-4,6,9,11,13,18H,2,5,7-8,10,12H2,1H3. The fraction of sp³-hybridized carbons (Fsp3) is 0.412. The molecule has 3 heteroatoms.